The fraction of sp³-hybridized carbons (Fsp3) is 0.160. The molecule has 0 radical (unpaired) electrons. The molecule has 0 aliphatic rings. The number of aryl methyl sites for hydroxylation is 2. The third-order valence-electron chi connectivity index (χ3n) is 5.16. The van der Waals surface area contributed by atoms with Crippen LogP contribution in [0.15, 0.2) is 59.0 Å². The summed E-state index contributed by atoms with van der Waals surface area (Å²) in [5.41, 5.74) is 5.46. The summed E-state index contributed by atoms with van der Waals surface area (Å²) in [5, 5.41) is 5.94. The third-order valence-corrected chi connectivity index (χ3v) is 5.36. The molecule has 33 heavy (non-hydrogen) atoms. The van der Waals surface area contributed by atoms with Crippen LogP contribution >= 0.6 is 12.2 Å². The smallest absolute Gasteiger partial charge is 0.261 e. The summed E-state index contributed by atoms with van der Waals surface area (Å²) in [6, 6.07) is 16.6. The molecule has 0 fully saturated rings. The number of nitrogens with zero attached hydrogens (tertiary/aromatic N) is 1. The van der Waals surface area contributed by atoms with Gasteiger partial charge >= 0.3 is 0 Å². The van der Waals surface area contributed by atoms with E-state index in [-0.39, 0.29) is 5.11 Å². The second-order valence-electron chi connectivity index (χ2n) is 7.49. The summed E-state index contributed by atoms with van der Waals surface area (Å²) in [7, 11) is 3.04. The Kier molecular flexibility index (Phi) is 6.28. The Morgan fingerprint density at radius 2 is 1.82 bits per heavy atom. The zero-order valence-electron chi connectivity index (χ0n) is 18.7. The van der Waals surface area contributed by atoms with Crippen LogP contribution in [0, 0.1) is 13.8 Å². The average Bonchev–Trinajstić information content (AvgIpc) is 3.23. The number of carbonyl (C=O) groups excluding carboxylic acids is 1. The first-order chi connectivity index (χ1) is 15.9. The van der Waals surface area contributed by atoms with Gasteiger partial charge in [0, 0.05) is 17.3 Å². The van der Waals surface area contributed by atoms with Gasteiger partial charge in [0.15, 0.2) is 10.7 Å². The van der Waals surface area contributed by atoms with Gasteiger partial charge < -0.3 is 19.2 Å². The summed E-state index contributed by atoms with van der Waals surface area (Å²) < 4.78 is 16.4. The molecule has 0 atom stereocenters. The van der Waals surface area contributed by atoms with Gasteiger partial charge in [-0.2, -0.15) is 0 Å². The number of ether oxygens (including phenoxy) is 2. The number of thiocarbonyl (C=S) groups is 1. The highest BCUT2D eigenvalue weighted by molar-refractivity contribution is 7.80. The summed E-state index contributed by atoms with van der Waals surface area (Å²) in [6.45, 7) is 3.96. The Hall–Kier alpha value is -3.91. The molecule has 0 unspecified atom stereocenters. The average molecular weight is 462 g/mol. The highest BCUT2D eigenvalue weighted by atomic mass is 32.1. The molecule has 4 aromatic rings. The maximum absolute atomic E-state index is 12.7. The number of benzene rings is 3. The van der Waals surface area contributed by atoms with Crippen LogP contribution in [0.1, 0.15) is 21.5 Å². The number of nitrogens with one attached hydrogen (secondary N) is 2. The molecule has 2 N–H and O–H groups in total. The van der Waals surface area contributed by atoms with E-state index >= 15 is 0 Å². The SMILES string of the molecule is COc1ccc(C(=O)NC(=S)Nc2cc(-c3nc4cc(C)ccc4o3)ccc2C)c(OC)c1. The zero-order chi connectivity index (χ0) is 23.5. The van der Waals surface area contributed by atoms with Crippen molar-refractivity contribution < 1.29 is 18.7 Å². The van der Waals surface area contributed by atoms with Crippen molar-refractivity contribution in [2.45, 2.75) is 13.8 Å². The molecular formula is C25H23N3O4S. The predicted molar refractivity (Wildman–Crippen MR) is 132 cm³/mol. The Balaban J connectivity index is 1.53. The lowest BCUT2D eigenvalue weighted by Gasteiger charge is -2.14. The lowest BCUT2D eigenvalue weighted by atomic mass is 10.1. The van der Waals surface area contributed by atoms with E-state index in [2.05, 4.69) is 15.6 Å². The van der Waals surface area contributed by atoms with Crippen LogP contribution in [-0.2, 0) is 0 Å². The van der Waals surface area contributed by atoms with Crippen molar-refractivity contribution >= 4 is 40.0 Å². The number of oxazole rings is 1. The first-order valence-corrected chi connectivity index (χ1v) is 10.6. The van der Waals surface area contributed by atoms with Crippen molar-refractivity contribution in [3.05, 3.63) is 71.3 Å². The molecule has 1 heterocycles. The fourth-order valence-corrected chi connectivity index (χ4v) is 3.56. The number of methoxy groups -OCH3 is 2. The number of hydrogen-bond donors (Lipinski definition) is 2. The lowest BCUT2D eigenvalue weighted by molar-refractivity contribution is 0.0974. The summed E-state index contributed by atoms with van der Waals surface area (Å²) in [6.07, 6.45) is 0. The normalized spacial score (nSPS) is 10.7. The van der Waals surface area contributed by atoms with Gasteiger partial charge in [0.2, 0.25) is 5.89 Å². The van der Waals surface area contributed by atoms with E-state index in [0.717, 1.165) is 33.5 Å². The molecule has 0 aliphatic heterocycles. The van der Waals surface area contributed by atoms with E-state index in [1.807, 2.05) is 50.2 Å². The molecule has 1 amide bonds. The minimum absolute atomic E-state index is 0.159. The number of fused-ring (bicyclic) bond motifs is 1. The highest BCUT2D eigenvalue weighted by Gasteiger charge is 2.16. The highest BCUT2D eigenvalue weighted by Crippen LogP contribution is 2.29. The second-order valence-corrected chi connectivity index (χ2v) is 7.90. The van der Waals surface area contributed by atoms with E-state index in [0.29, 0.717) is 23.0 Å². The summed E-state index contributed by atoms with van der Waals surface area (Å²) in [4.78, 5) is 17.3. The molecule has 3 aromatic carbocycles. The summed E-state index contributed by atoms with van der Waals surface area (Å²) in [5.74, 6) is 1.09. The molecule has 8 heteroatoms. The number of amides is 1. The van der Waals surface area contributed by atoms with Crippen molar-refractivity contribution in [3.63, 3.8) is 0 Å². The molecule has 0 saturated carbocycles. The van der Waals surface area contributed by atoms with Crippen LogP contribution < -0.4 is 20.1 Å². The van der Waals surface area contributed by atoms with Gasteiger partial charge in [-0.15, -0.1) is 0 Å². The molecule has 0 saturated heterocycles. The quantitative estimate of drug-likeness (QED) is 0.392. The molecular weight excluding hydrogens is 438 g/mol. The molecule has 0 bridgehead atoms. The fourth-order valence-electron chi connectivity index (χ4n) is 3.36. The van der Waals surface area contributed by atoms with Crippen molar-refractivity contribution in [3.8, 4) is 23.0 Å². The van der Waals surface area contributed by atoms with E-state index in [4.69, 9.17) is 26.1 Å². The molecule has 7 nitrogen and oxygen atoms in total. The third kappa shape index (κ3) is 4.80. The van der Waals surface area contributed by atoms with Crippen LogP contribution in [0.3, 0.4) is 0 Å². The van der Waals surface area contributed by atoms with Crippen molar-refractivity contribution in [1.82, 2.24) is 10.3 Å². The largest absolute Gasteiger partial charge is 0.497 e. The molecule has 1 aromatic heterocycles. The van der Waals surface area contributed by atoms with Gasteiger partial charge in [0.1, 0.15) is 17.0 Å². The summed E-state index contributed by atoms with van der Waals surface area (Å²) >= 11 is 5.38. The maximum Gasteiger partial charge on any atom is 0.261 e. The number of anilines is 1. The number of rotatable bonds is 5. The maximum atomic E-state index is 12.7. The Bertz CT molecular complexity index is 1360. The van der Waals surface area contributed by atoms with Crippen LogP contribution in [0.2, 0.25) is 0 Å². The van der Waals surface area contributed by atoms with Gasteiger partial charge in [-0.05, 0) is 73.6 Å². The topological polar surface area (TPSA) is 85.6 Å². The minimum Gasteiger partial charge on any atom is -0.497 e. The monoisotopic (exact) mass is 461 g/mol. The van der Waals surface area contributed by atoms with E-state index in [1.54, 1.807) is 25.3 Å². The predicted octanol–water partition coefficient (Wildman–Crippen LogP) is 5.26. The van der Waals surface area contributed by atoms with Crippen molar-refractivity contribution in [2.24, 2.45) is 0 Å². The van der Waals surface area contributed by atoms with Gasteiger partial charge in [-0.1, -0.05) is 12.1 Å². The minimum atomic E-state index is -0.393. The van der Waals surface area contributed by atoms with Gasteiger partial charge in [-0.3, -0.25) is 10.1 Å². The standard InChI is InChI=1S/C25H23N3O4S/c1-14-5-10-21-20(11-14)26-24(32-21)16-7-6-15(2)19(12-16)27-25(33)28-23(29)18-9-8-17(30-3)13-22(18)31-4/h5-13H,1-4H3,(H2,27,28,29,33). The van der Waals surface area contributed by atoms with Crippen LogP contribution in [0.4, 0.5) is 5.69 Å². The molecule has 0 aliphatic carbocycles. The Morgan fingerprint density at radius 3 is 2.58 bits per heavy atom. The zero-order valence-corrected chi connectivity index (χ0v) is 19.5. The van der Waals surface area contributed by atoms with E-state index in [9.17, 15) is 4.79 Å². The number of aromatic nitrogens is 1. The first-order valence-electron chi connectivity index (χ1n) is 10.2. The molecule has 4 rings (SSSR count). The number of carbonyl (C=O) groups is 1. The van der Waals surface area contributed by atoms with Gasteiger partial charge in [-0.25, -0.2) is 4.98 Å². The van der Waals surface area contributed by atoms with Crippen molar-refractivity contribution in [1.29, 1.82) is 0 Å². The van der Waals surface area contributed by atoms with E-state index in [1.165, 1.54) is 7.11 Å². The Labute approximate surface area is 196 Å². The molecule has 0 spiro atoms. The first kappa shape index (κ1) is 22.3. The molecule has 168 valence electrons. The van der Waals surface area contributed by atoms with Crippen LogP contribution in [0.5, 0.6) is 11.5 Å². The van der Waals surface area contributed by atoms with Gasteiger partial charge in [0.25, 0.3) is 5.91 Å². The number of hydrogen-bond acceptors (Lipinski definition) is 6. The Morgan fingerprint density at radius 1 is 1.00 bits per heavy atom. The van der Waals surface area contributed by atoms with Gasteiger partial charge in [0.05, 0.1) is 19.8 Å². The van der Waals surface area contributed by atoms with Crippen molar-refractivity contribution in [2.75, 3.05) is 19.5 Å². The van der Waals surface area contributed by atoms with Crippen LogP contribution in [-0.4, -0.2) is 30.2 Å². The second kappa shape index (κ2) is 9.30. The van der Waals surface area contributed by atoms with Crippen LogP contribution in [0.25, 0.3) is 22.6 Å². The lowest BCUT2D eigenvalue weighted by Crippen LogP contribution is -2.34. The van der Waals surface area contributed by atoms with E-state index < -0.39 is 5.91 Å².